The van der Waals surface area contributed by atoms with Gasteiger partial charge in [0.25, 0.3) is 5.91 Å². The molecule has 0 N–H and O–H groups in total. The lowest BCUT2D eigenvalue weighted by Crippen LogP contribution is -2.30. The Labute approximate surface area is 143 Å². The summed E-state index contributed by atoms with van der Waals surface area (Å²) in [5.74, 6) is 0.470. The van der Waals surface area contributed by atoms with Gasteiger partial charge in [-0.05, 0) is 46.7 Å². The van der Waals surface area contributed by atoms with E-state index in [2.05, 4.69) is 4.98 Å². The molecule has 118 valence electrons. The van der Waals surface area contributed by atoms with Gasteiger partial charge in [0.05, 0.1) is 5.02 Å². The van der Waals surface area contributed by atoms with Crippen LogP contribution in [0.25, 0.3) is 10.9 Å². The Kier molecular flexibility index (Phi) is 4.79. The zero-order chi connectivity index (χ0) is 16.2. The average Bonchev–Trinajstić information content (AvgIpc) is 3.07. The number of pyridine rings is 1. The quantitative estimate of drug-likeness (QED) is 0.701. The predicted octanol–water partition coefficient (Wildman–Crippen LogP) is 3.99. The molecule has 1 amide bonds. The molecule has 6 heteroatoms. The fourth-order valence-corrected chi connectivity index (χ4v) is 3.10. The van der Waals surface area contributed by atoms with E-state index in [4.69, 9.17) is 16.3 Å². The number of halogens is 1. The zero-order valence-corrected chi connectivity index (χ0v) is 14.1. The maximum absolute atomic E-state index is 12.2. The molecule has 0 fully saturated rings. The summed E-state index contributed by atoms with van der Waals surface area (Å²) >= 11 is 7.77. The fourth-order valence-electron chi connectivity index (χ4n) is 2.22. The molecule has 0 aliphatic rings. The first kappa shape index (κ1) is 15.8. The van der Waals surface area contributed by atoms with E-state index in [1.807, 2.05) is 29.0 Å². The number of likely N-dealkylation sites (N-methyl/N-ethyl adjacent to an activating group) is 1. The number of benzene rings is 1. The van der Waals surface area contributed by atoms with Gasteiger partial charge in [-0.2, -0.15) is 11.3 Å². The Hall–Kier alpha value is -2.11. The number of aromatic nitrogens is 1. The van der Waals surface area contributed by atoms with Crippen LogP contribution in [0.5, 0.6) is 5.75 Å². The second-order valence-corrected chi connectivity index (χ2v) is 6.30. The third kappa shape index (κ3) is 3.63. The van der Waals surface area contributed by atoms with Crippen LogP contribution in [0, 0.1) is 0 Å². The minimum absolute atomic E-state index is 0.0338. The van der Waals surface area contributed by atoms with Crippen LogP contribution in [0.15, 0.2) is 47.3 Å². The zero-order valence-electron chi connectivity index (χ0n) is 12.5. The summed E-state index contributed by atoms with van der Waals surface area (Å²) in [7, 11) is 1.77. The van der Waals surface area contributed by atoms with Gasteiger partial charge in [-0.25, -0.2) is 0 Å². The number of fused-ring (bicyclic) bond motifs is 1. The van der Waals surface area contributed by atoms with Gasteiger partial charge in [0.2, 0.25) is 0 Å². The van der Waals surface area contributed by atoms with Crippen molar-refractivity contribution in [2.75, 3.05) is 13.7 Å². The monoisotopic (exact) mass is 346 g/mol. The van der Waals surface area contributed by atoms with Gasteiger partial charge in [0, 0.05) is 25.2 Å². The Bertz CT molecular complexity index is 821. The molecule has 2 aromatic heterocycles. The number of rotatable bonds is 5. The van der Waals surface area contributed by atoms with Gasteiger partial charge in [0.1, 0.15) is 11.3 Å². The Balaban J connectivity index is 1.68. The molecule has 3 aromatic rings. The molecule has 3 rings (SSSR count). The first-order valence-corrected chi connectivity index (χ1v) is 8.38. The van der Waals surface area contributed by atoms with Crippen LogP contribution in [0.2, 0.25) is 5.02 Å². The lowest BCUT2D eigenvalue weighted by Gasteiger charge is -2.17. The molecule has 0 saturated carbocycles. The molecule has 0 aliphatic carbocycles. The summed E-state index contributed by atoms with van der Waals surface area (Å²) in [5.41, 5.74) is 1.78. The summed E-state index contributed by atoms with van der Waals surface area (Å²) < 4.78 is 5.67. The number of thiophene rings is 1. The SMILES string of the molecule is CN(Cc1ccsc1)C(=O)COc1ccc(Cl)c2cccnc12. The molecule has 0 bridgehead atoms. The van der Waals surface area contributed by atoms with Crippen LogP contribution in [0.1, 0.15) is 5.56 Å². The molecule has 4 nitrogen and oxygen atoms in total. The highest BCUT2D eigenvalue weighted by atomic mass is 35.5. The molecular weight excluding hydrogens is 332 g/mol. The van der Waals surface area contributed by atoms with Gasteiger partial charge in [-0.3, -0.25) is 9.78 Å². The van der Waals surface area contributed by atoms with Crippen LogP contribution < -0.4 is 4.74 Å². The van der Waals surface area contributed by atoms with Crippen molar-refractivity contribution in [3.05, 3.63) is 57.9 Å². The molecule has 0 atom stereocenters. The number of ether oxygens (including phenoxy) is 1. The summed E-state index contributed by atoms with van der Waals surface area (Å²) in [5, 5.41) is 5.45. The number of carbonyl (C=O) groups is 1. The van der Waals surface area contributed by atoms with Crippen LogP contribution in [-0.4, -0.2) is 29.4 Å². The largest absolute Gasteiger partial charge is 0.481 e. The minimum atomic E-state index is -0.0877. The van der Waals surface area contributed by atoms with Crippen molar-refractivity contribution >= 4 is 39.7 Å². The van der Waals surface area contributed by atoms with Crippen molar-refractivity contribution in [2.24, 2.45) is 0 Å². The summed E-state index contributed by atoms with van der Waals surface area (Å²) in [6, 6.07) is 9.19. The van der Waals surface area contributed by atoms with Crippen LogP contribution in [0.4, 0.5) is 0 Å². The molecule has 0 unspecified atom stereocenters. The summed E-state index contributed by atoms with van der Waals surface area (Å²) in [6.45, 7) is 0.541. The molecular formula is C17H15ClN2O2S. The highest BCUT2D eigenvalue weighted by molar-refractivity contribution is 7.07. The third-order valence-corrected chi connectivity index (χ3v) is 4.52. The first-order valence-electron chi connectivity index (χ1n) is 7.06. The fraction of sp³-hybridized carbons (Fsp3) is 0.176. The van der Waals surface area contributed by atoms with Gasteiger partial charge in [-0.1, -0.05) is 11.6 Å². The molecule has 0 spiro atoms. The Morgan fingerprint density at radius 1 is 1.35 bits per heavy atom. The van der Waals surface area contributed by atoms with E-state index < -0.39 is 0 Å². The molecule has 0 saturated heterocycles. The lowest BCUT2D eigenvalue weighted by atomic mass is 10.2. The van der Waals surface area contributed by atoms with Gasteiger partial charge < -0.3 is 9.64 Å². The minimum Gasteiger partial charge on any atom is -0.481 e. The predicted molar refractivity (Wildman–Crippen MR) is 93.0 cm³/mol. The number of hydrogen-bond donors (Lipinski definition) is 0. The smallest absolute Gasteiger partial charge is 0.260 e. The van der Waals surface area contributed by atoms with E-state index in [9.17, 15) is 4.79 Å². The number of carbonyl (C=O) groups excluding carboxylic acids is 1. The van der Waals surface area contributed by atoms with Gasteiger partial charge in [-0.15, -0.1) is 0 Å². The second-order valence-electron chi connectivity index (χ2n) is 5.12. The molecule has 1 aromatic carbocycles. The van der Waals surface area contributed by atoms with Gasteiger partial charge in [0.15, 0.2) is 6.61 Å². The normalized spacial score (nSPS) is 10.7. The van der Waals surface area contributed by atoms with E-state index in [1.54, 1.807) is 41.6 Å². The van der Waals surface area contributed by atoms with Gasteiger partial charge >= 0.3 is 0 Å². The molecule has 2 heterocycles. The van der Waals surface area contributed by atoms with E-state index in [0.717, 1.165) is 10.9 Å². The molecule has 23 heavy (non-hydrogen) atoms. The van der Waals surface area contributed by atoms with Crippen LogP contribution >= 0.6 is 22.9 Å². The van der Waals surface area contributed by atoms with E-state index in [-0.39, 0.29) is 12.5 Å². The number of hydrogen-bond acceptors (Lipinski definition) is 4. The standard InChI is InChI=1S/C17H15ClN2O2S/c1-20(9-12-6-8-23-11-12)16(21)10-22-15-5-4-14(18)13-3-2-7-19-17(13)15/h2-8,11H,9-10H2,1H3. The lowest BCUT2D eigenvalue weighted by molar-refractivity contribution is -0.132. The highest BCUT2D eigenvalue weighted by Crippen LogP contribution is 2.29. The summed E-state index contributed by atoms with van der Waals surface area (Å²) in [4.78, 5) is 18.1. The van der Waals surface area contributed by atoms with Crippen LogP contribution in [-0.2, 0) is 11.3 Å². The summed E-state index contributed by atoms with van der Waals surface area (Å²) in [6.07, 6.45) is 1.68. The Morgan fingerprint density at radius 2 is 2.22 bits per heavy atom. The Morgan fingerprint density at radius 3 is 3.00 bits per heavy atom. The highest BCUT2D eigenvalue weighted by Gasteiger charge is 2.12. The third-order valence-electron chi connectivity index (χ3n) is 3.46. The van der Waals surface area contributed by atoms with Crippen molar-refractivity contribution in [1.82, 2.24) is 9.88 Å². The van der Waals surface area contributed by atoms with Crippen molar-refractivity contribution in [2.45, 2.75) is 6.54 Å². The van der Waals surface area contributed by atoms with E-state index in [1.165, 1.54) is 0 Å². The van der Waals surface area contributed by atoms with E-state index >= 15 is 0 Å². The molecule has 0 aliphatic heterocycles. The topological polar surface area (TPSA) is 42.4 Å². The molecule has 0 radical (unpaired) electrons. The van der Waals surface area contributed by atoms with Crippen molar-refractivity contribution in [3.8, 4) is 5.75 Å². The van der Waals surface area contributed by atoms with Crippen molar-refractivity contribution in [3.63, 3.8) is 0 Å². The van der Waals surface area contributed by atoms with E-state index in [0.29, 0.717) is 22.8 Å². The van der Waals surface area contributed by atoms with Crippen molar-refractivity contribution in [1.29, 1.82) is 0 Å². The first-order chi connectivity index (χ1) is 11.1. The number of nitrogens with zero attached hydrogens (tertiary/aromatic N) is 2. The number of amides is 1. The maximum Gasteiger partial charge on any atom is 0.260 e. The van der Waals surface area contributed by atoms with Crippen molar-refractivity contribution < 1.29 is 9.53 Å². The average molecular weight is 347 g/mol. The second kappa shape index (κ2) is 6.98. The van der Waals surface area contributed by atoms with Crippen LogP contribution in [0.3, 0.4) is 0 Å². The maximum atomic E-state index is 12.2.